The highest BCUT2D eigenvalue weighted by Gasteiger charge is 2.11. The van der Waals surface area contributed by atoms with Gasteiger partial charge in [0, 0.05) is 18.8 Å². The molecule has 1 aromatic heterocycles. The number of hydrogen-bond donors (Lipinski definition) is 2. The lowest BCUT2D eigenvalue weighted by molar-refractivity contribution is 0.0953. The summed E-state index contributed by atoms with van der Waals surface area (Å²) in [6.45, 7) is 5.13. The van der Waals surface area contributed by atoms with E-state index in [9.17, 15) is 9.18 Å². The molecule has 0 aliphatic rings. The van der Waals surface area contributed by atoms with Crippen LogP contribution in [0.3, 0.4) is 0 Å². The van der Waals surface area contributed by atoms with Gasteiger partial charge in [0.05, 0.1) is 16.9 Å². The Morgan fingerprint density at radius 1 is 1.43 bits per heavy atom. The van der Waals surface area contributed by atoms with Gasteiger partial charge in [-0.2, -0.15) is 5.10 Å². The van der Waals surface area contributed by atoms with E-state index in [1.54, 1.807) is 0 Å². The van der Waals surface area contributed by atoms with Crippen molar-refractivity contribution in [1.82, 2.24) is 15.1 Å². The molecule has 0 saturated carbocycles. The third kappa shape index (κ3) is 3.59. The van der Waals surface area contributed by atoms with E-state index in [0.29, 0.717) is 6.54 Å². The number of aromatic nitrogens is 2. The minimum Gasteiger partial charge on any atom is -0.396 e. The van der Waals surface area contributed by atoms with Crippen LogP contribution in [0.4, 0.5) is 10.1 Å². The van der Waals surface area contributed by atoms with Crippen LogP contribution < -0.4 is 11.1 Å². The normalized spacial score (nSPS) is 10.6. The number of hydrogen-bond acceptors (Lipinski definition) is 3. The van der Waals surface area contributed by atoms with Gasteiger partial charge in [-0.1, -0.05) is 6.07 Å². The minimum atomic E-state index is -0.578. The van der Waals surface area contributed by atoms with Crippen LogP contribution in [0.25, 0.3) is 0 Å². The second-order valence-electron chi connectivity index (χ2n) is 4.96. The van der Waals surface area contributed by atoms with Crippen molar-refractivity contribution in [2.24, 2.45) is 0 Å². The molecular formula is C15H19FN4O. The van der Waals surface area contributed by atoms with E-state index in [1.165, 1.54) is 18.2 Å². The number of nitrogen functional groups attached to an aromatic ring is 1. The van der Waals surface area contributed by atoms with Crippen LogP contribution in [0.15, 0.2) is 24.3 Å². The van der Waals surface area contributed by atoms with Crippen molar-refractivity contribution in [2.45, 2.75) is 26.8 Å². The molecule has 112 valence electrons. The van der Waals surface area contributed by atoms with Gasteiger partial charge in [0.15, 0.2) is 0 Å². The summed E-state index contributed by atoms with van der Waals surface area (Å²) in [6.07, 6.45) is 0.739. The van der Waals surface area contributed by atoms with Crippen molar-refractivity contribution >= 4 is 11.6 Å². The summed E-state index contributed by atoms with van der Waals surface area (Å²) >= 11 is 0. The number of nitrogens with two attached hydrogens (primary N) is 1. The number of anilines is 1. The Kier molecular flexibility index (Phi) is 4.57. The fourth-order valence-electron chi connectivity index (χ4n) is 2.16. The molecule has 1 heterocycles. The Hall–Kier alpha value is -2.37. The molecule has 0 bridgehead atoms. The molecule has 6 heteroatoms. The van der Waals surface area contributed by atoms with Gasteiger partial charge < -0.3 is 11.1 Å². The topological polar surface area (TPSA) is 72.9 Å². The Balaban J connectivity index is 1.85. The van der Waals surface area contributed by atoms with Gasteiger partial charge in [0.1, 0.15) is 5.82 Å². The maximum atomic E-state index is 13.3. The van der Waals surface area contributed by atoms with Crippen LogP contribution in [0.1, 0.15) is 28.2 Å². The lowest BCUT2D eigenvalue weighted by atomic mass is 10.1. The molecule has 2 aromatic rings. The SMILES string of the molecule is Cc1cc(C)n(CCCNC(=O)c2cccc(F)c2N)n1. The molecule has 0 aliphatic carbocycles. The number of carbonyl (C=O) groups excluding carboxylic acids is 1. The first-order valence-corrected chi connectivity index (χ1v) is 6.82. The van der Waals surface area contributed by atoms with Crippen molar-refractivity contribution in [3.63, 3.8) is 0 Å². The van der Waals surface area contributed by atoms with Gasteiger partial charge in [-0.3, -0.25) is 9.48 Å². The second-order valence-corrected chi connectivity index (χ2v) is 4.96. The van der Waals surface area contributed by atoms with Crippen molar-refractivity contribution < 1.29 is 9.18 Å². The van der Waals surface area contributed by atoms with Gasteiger partial charge in [0.2, 0.25) is 0 Å². The van der Waals surface area contributed by atoms with E-state index >= 15 is 0 Å². The fraction of sp³-hybridized carbons (Fsp3) is 0.333. The number of amides is 1. The molecule has 0 unspecified atom stereocenters. The summed E-state index contributed by atoms with van der Waals surface area (Å²) in [5, 5.41) is 7.08. The molecule has 0 radical (unpaired) electrons. The maximum absolute atomic E-state index is 13.3. The minimum absolute atomic E-state index is 0.117. The van der Waals surface area contributed by atoms with Crippen LogP contribution in [-0.2, 0) is 6.54 Å². The number of nitrogens with one attached hydrogen (secondary N) is 1. The first kappa shape index (κ1) is 15.0. The van der Waals surface area contributed by atoms with Gasteiger partial charge in [0.25, 0.3) is 5.91 Å². The summed E-state index contributed by atoms with van der Waals surface area (Å²) in [5.74, 6) is -0.939. The van der Waals surface area contributed by atoms with Crippen molar-refractivity contribution in [3.8, 4) is 0 Å². The maximum Gasteiger partial charge on any atom is 0.253 e. The number of halogens is 1. The van der Waals surface area contributed by atoms with E-state index < -0.39 is 5.82 Å². The second kappa shape index (κ2) is 6.39. The Bertz CT molecular complexity index is 651. The monoisotopic (exact) mass is 290 g/mol. The summed E-state index contributed by atoms with van der Waals surface area (Å²) in [4.78, 5) is 11.9. The molecule has 21 heavy (non-hydrogen) atoms. The molecule has 0 fully saturated rings. The van der Waals surface area contributed by atoms with Crippen molar-refractivity contribution in [3.05, 3.63) is 47.0 Å². The molecular weight excluding hydrogens is 271 g/mol. The van der Waals surface area contributed by atoms with E-state index in [4.69, 9.17) is 5.73 Å². The highest BCUT2D eigenvalue weighted by molar-refractivity contribution is 5.99. The van der Waals surface area contributed by atoms with Crippen LogP contribution in [0, 0.1) is 19.7 Å². The average Bonchev–Trinajstić information content (AvgIpc) is 2.76. The third-order valence-corrected chi connectivity index (χ3v) is 3.23. The quantitative estimate of drug-likeness (QED) is 0.654. The average molecular weight is 290 g/mol. The highest BCUT2D eigenvalue weighted by Crippen LogP contribution is 2.15. The largest absolute Gasteiger partial charge is 0.396 e. The molecule has 1 amide bonds. The van der Waals surface area contributed by atoms with Crippen LogP contribution in [0.2, 0.25) is 0 Å². The molecule has 5 nitrogen and oxygen atoms in total. The zero-order valence-corrected chi connectivity index (χ0v) is 12.2. The van der Waals surface area contributed by atoms with Gasteiger partial charge in [-0.05, 0) is 38.5 Å². The predicted octanol–water partition coefficient (Wildman–Crippen LogP) is 2.04. The van der Waals surface area contributed by atoms with E-state index in [0.717, 1.165) is 24.4 Å². The molecule has 0 saturated heterocycles. The number of carbonyl (C=O) groups is 1. The third-order valence-electron chi connectivity index (χ3n) is 3.23. The van der Waals surface area contributed by atoms with Crippen LogP contribution in [0.5, 0.6) is 0 Å². The molecule has 1 aromatic carbocycles. The fourth-order valence-corrected chi connectivity index (χ4v) is 2.16. The molecule has 0 spiro atoms. The first-order chi connectivity index (χ1) is 9.99. The number of rotatable bonds is 5. The molecule has 0 aliphatic heterocycles. The number of nitrogens with zero attached hydrogens (tertiary/aromatic N) is 2. The lowest BCUT2D eigenvalue weighted by Gasteiger charge is -2.08. The van der Waals surface area contributed by atoms with Crippen molar-refractivity contribution in [1.29, 1.82) is 0 Å². The Labute approximate surface area is 123 Å². The summed E-state index contributed by atoms with van der Waals surface area (Å²) in [5.41, 5.74) is 7.67. The van der Waals surface area contributed by atoms with Gasteiger partial charge in [-0.25, -0.2) is 4.39 Å². The summed E-state index contributed by atoms with van der Waals surface area (Å²) in [7, 11) is 0. The van der Waals surface area contributed by atoms with E-state index in [2.05, 4.69) is 10.4 Å². The zero-order chi connectivity index (χ0) is 15.4. The number of benzene rings is 1. The van der Waals surface area contributed by atoms with E-state index in [1.807, 2.05) is 24.6 Å². The summed E-state index contributed by atoms with van der Waals surface area (Å²) in [6, 6.07) is 6.21. The number of aryl methyl sites for hydroxylation is 3. The smallest absolute Gasteiger partial charge is 0.253 e. The molecule has 2 rings (SSSR count). The molecule has 3 N–H and O–H groups in total. The standard InChI is InChI=1S/C15H19FN4O/c1-10-9-11(2)20(19-10)8-4-7-18-15(21)12-5-3-6-13(16)14(12)17/h3,5-6,9H,4,7-8,17H2,1-2H3,(H,18,21). The lowest BCUT2D eigenvalue weighted by Crippen LogP contribution is -2.26. The van der Waals surface area contributed by atoms with Crippen LogP contribution >= 0.6 is 0 Å². The van der Waals surface area contributed by atoms with Gasteiger partial charge >= 0.3 is 0 Å². The number of para-hydroxylation sites is 1. The summed E-state index contributed by atoms with van der Waals surface area (Å²) < 4.78 is 15.2. The Morgan fingerprint density at radius 3 is 2.86 bits per heavy atom. The van der Waals surface area contributed by atoms with Crippen molar-refractivity contribution in [2.75, 3.05) is 12.3 Å². The van der Waals surface area contributed by atoms with Gasteiger partial charge in [-0.15, -0.1) is 0 Å². The first-order valence-electron chi connectivity index (χ1n) is 6.82. The Morgan fingerprint density at radius 2 is 2.19 bits per heavy atom. The molecule has 0 atom stereocenters. The van der Waals surface area contributed by atoms with Crippen LogP contribution in [-0.4, -0.2) is 22.2 Å². The van der Waals surface area contributed by atoms with E-state index in [-0.39, 0.29) is 17.2 Å². The zero-order valence-electron chi connectivity index (χ0n) is 12.2. The predicted molar refractivity (Wildman–Crippen MR) is 79.5 cm³/mol. The highest BCUT2D eigenvalue weighted by atomic mass is 19.1.